The van der Waals surface area contributed by atoms with Crippen molar-refractivity contribution in [3.8, 4) is 5.75 Å². The van der Waals surface area contributed by atoms with E-state index in [0.29, 0.717) is 11.3 Å². The van der Waals surface area contributed by atoms with Gasteiger partial charge in [-0.1, -0.05) is 0 Å². The minimum atomic E-state index is -0.672. The third kappa shape index (κ3) is 2.07. The molecular weight excluding hydrogens is 209 g/mol. The summed E-state index contributed by atoms with van der Waals surface area (Å²) in [7, 11) is 1.46. The molecule has 1 rings (SSSR count). The van der Waals surface area contributed by atoms with Gasteiger partial charge in [0.15, 0.2) is 5.78 Å². The lowest BCUT2D eigenvalue weighted by molar-refractivity contribution is 0.0963. The summed E-state index contributed by atoms with van der Waals surface area (Å²) < 4.78 is 18.7. The highest BCUT2D eigenvalue weighted by molar-refractivity contribution is 6.03. The minimum absolute atomic E-state index is 0.245. The average Bonchev–Trinajstić information content (AvgIpc) is 2.21. The number of carbonyl (C=O) groups excluding carboxylic acids is 1. The molecule has 1 unspecified atom stereocenters. The zero-order chi connectivity index (χ0) is 12.5. The number of rotatable bonds is 3. The zero-order valence-corrected chi connectivity index (χ0v) is 9.93. The molecule has 0 amide bonds. The lowest BCUT2D eigenvalue weighted by Crippen LogP contribution is -2.28. The Morgan fingerprint density at radius 1 is 1.50 bits per heavy atom. The van der Waals surface area contributed by atoms with Crippen LogP contribution in [0.2, 0.25) is 0 Å². The quantitative estimate of drug-likeness (QED) is 0.800. The van der Waals surface area contributed by atoms with Gasteiger partial charge in [0.1, 0.15) is 11.6 Å². The Balaban J connectivity index is 3.51. The molecular formula is C12H16FNO2. The number of methoxy groups -OCH3 is 1. The van der Waals surface area contributed by atoms with Crippen molar-refractivity contribution < 1.29 is 13.9 Å². The van der Waals surface area contributed by atoms with Gasteiger partial charge in [0, 0.05) is 0 Å². The molecule has 16 heavy (non-hydrogen) atoms. The van der Waals surface area contributed by atoms with Crippen molar-refractivity contribution in [3.05, 3.63) is 28.6 Å². The van der Waals surface area contributed by atoms with Gasteiger partial charge in [-0.2, -0.15) is 0 Å². The average molecular weight is 225 g/mol. The van der Waals surface area contributed by atoms with Crippen LogP contribution < -0.4 is 10.5 Å². The van der Waals surface area contributed by atoms with E-state index in [1.165, 1.54) is 13.2 Å². The van der Waals surface area contributed by atoms with Crippen LogP contribution in [0.25, 0.3) is 0 Å². The van der Waals surface area contributed by atoms with Crippen LogP contribution in [-0.2, 0) is 0 Å². The van der Waals surface area contributed by atoms with E-state index in [-0.39, 0.29) is 16.9 Å². The topological polar surface area (TPSA) is 52.3 Å². The van der Waals surface area contributed by atoms with Crippen LogP contribution in [0.1, 0.15) is 28.4 Å². The van der Waals surface area contributed by atoms with Crippen molar-refractivity contribution in [2.24, 2.45) is 5.73 Å². The lowest BCUT2D eigenvalue weighted by Gasteiger charge is -2.15. The Morgan fingerprint density at radius 3 is 2.50 bits per heavy atom. The molecule has 3 nitrogen and oxygen atoms in total. The molecule has 0 spiro atoms. The first-order valence-corrected chi connectivity index (χ1v) is 5.03. The SMILES string of the molecule is COc1c(C)cc(F)c(C)c1C(=O)C(C)N. The molecule has 1 aromatic rings. The van der Waals surface area contributed by atoms with Crippen molar-refractivity contribution >= 4 is 5.78 Å². The van der Waals surface area contributed by atoms with Crippen LogP contribution in [0.3, 0.4) is 0 Å². The molecule has 0 aromatic heterocycles. The minimum Gasteiger partial charge on any atom is -0.496 e. The van der Waals surface area contributed by atoms with Crippen LogP contribution >= 0.6 is 0 Å². The molecule has 4 heteroatoms. The van der Waals surface area contributed by atoms with Gasteiger partial charge in [-0.15, -0.1) is 0 Å². The van der Waals surface area contributed by atoms with E-state index in [4.69, 9.17) is 10.5 Å². The van der Waals surface area contributed by atoms with Gasteiger partial charge in [0.25, 0.3) is 0 Å². The van der Waals surface area contributed by atoms with Crippen molar-refractivity contribution in [2.45, 2.75) is 26.8 Å². The summed E-state index contributed by atoms with van der Waals surface area (Å²) in [4.78, 5) is 11.9. The van der Waals surface area contributed by atoms with Gasteiger partial charge in [-0.3, -0.25) is 4.79 Å². The fraction of sp³-hybridized carbons (Fsp3) is 0.417. The van der Waals surface area contributed by atoms with Gasteiger partial charge < -0.3 is 10.5 Å². The Bertz CT molecular complexity index is 428. The fourth-order valence-corrected chi connectivity index (χ4v) is 1.64. The smallest absolute Gasteiger partial charge is 0.183 e. The first kappa shape index (κ1) is 12.6. The number of aryl methyl sites for hydroxylation is 1. The number of nitrogens with two attached hydrogens (primary N) is 1. The van der Waals surface area contributed by atoms with Gasteiger partial charge in [0.05, 0.1) is 18.7 Å². The molecule has 0 saturated carbocycles. The number of benzene rings is 1. The first-order valence-electron chi connectivity index (χ1n) is 5.03. The standard InChI is InChI=1S/C12H16FNO2/c1-6-5-9(13)7(2)10(12(6)16-4)11(15)8(3)14/h5,8H,14H2,1-4H3. The normalized spacial score (nSPS) is 12.4. The summed E-state index contributed by atoms with van der Waals surface area (Å²) in [5.74, 6) is -0.319. The molecule has 0 heterocycles. The maximum atomic E-state index is 13.5. The number of ketones is 1. The highest BCUT2D eigenvalue weighted by Crippen LogP contribution is 2.29. The third-order valence-electron chi connectivity index (χ3n) is 2.53. The van der Waals surface area contributed by atoms with E-state index in [2.05, 4.69) is 0 Å². The number of carbonyl (C=O) groups is 1. The fourth-order valence-electron chi connectivity index (χ4n) is 1.64. The van der Waals surface area contributed by atoms with Crippen molar-refractivity contribution in [2.75, 3.05) is 7.11 Å². The number of Topliss-reactive ketones (excluding diaryl/α,β-unsaturated/α-hetero) is 1. The molecule has 0 fully saturated rings. The Kier molecular flexibility index (Phi) is 3.65. The largest absolute Gasteiger partial charge is 0.496 e. The molecule has 2 N–H and O–H groups in total. The Hall–Kier alpha value is -1.42. The van der Waals surface area contributed by atoms with Gasteiger partial charge in [-0.05, 0) is 38.0 Å². The molecule has 0 aliphatic carbocycles. The predicted molar refractivity (Wildman–Crippen MR) is 60.4 cm³/mol. The summed E-state index contributed by atoms with van der Waals surface area (Å²) in [6.07, 6.45) is 0. The zero-order valence-electron chi connectivity index (χ0n) is 9.93. The van der Waals surface area contributed by atoms with Crippen LogP contribution in [0.5, 0.6) is 5.75 Å². The summed E-state index contributed by atoms with van der Waals surface area (Å²) >= 11 is 0. The van der Waals surface area contributed by atoms with E-state index < -0.39 is 11.9 Å². The molecule has 88 valence electrons. The van der Waals surface area contributed by atoms with Crippen LogP contribution in [0.4, 0.5) is 4.39 Å². The van der Waals surface area contributed by atoms with E-state index in [0.717, 1.165) is 0 Å². The van der Waals surface area contributed by atoms with Crippen LogP contribution in [0.15, 0.2) is 6.07 Å². The van der Waals surface area contributed by atoms with Crippen LogP contribution in [-0.4, -0.2) is 18.9 Å². The van der Waals surface area contributed by atoms with E-state index in [1.807, 2.05) is 0 Å². The maximum absolute atomic E-state index is 13.5. The molecule has 0 radical (unpaired) electrons. The Labute approximate surface area is 94.4 Å². The van der Waals surface area contributed by atoms with Crippen LogP contribution in [0, 0.1) is 19.7 Å². The second-order valence-corrected chi connectivity index (χ2v) is 3.86. The second kappa shape index (κ2) is 4.61. The monoisotopic (exact) mass is 225 g/mol. The summed E-state index contributed by atoms with van der Waals surface area (Å²) in [6, 6.07) is 0.681. The van der Waals surface area contributed by atoms with Crippen molar-refractivity contribution in [1.82, 2.24) is 0 Å². The van der Waals surface area contributed by atoms with E-state index >= 15 is 0 Å². The van der Waals surface area contributed by atoms with Crippen molar-refractivity contribution in [1.29, 1.82) is 0 Å². The summed E-state index contributed by atoms with van der Waals surface area (Å²) in [5.41, 5.74) is 6.65. The summed E-state index contributed by atoms with van der Waals surface area (Å²) in [6.45, 7) is 4.81. The van der Waals surface area contributed by atoms with E-state index in [1.54, 1.807) is 20.8 Å². The molecule has 1 atom stereocenters. The van der Waals surface area contributed by atoms with E-state index in [9.17, 15) is 9.18 Å². The number of hydrogen-bond acceptors (Lipinski definition) is 3. The number of ether oxygens (including phenoxy) is 1. The van der Waals surface area contributed by atoms with Crippen molar-refractivity contribution in [3.63, 3.8) is 0 Å². The highest BCUT2D eigenvalue weighted by atomic mass is 19.1. The molecule has 1 aromatic carbocycles. The lowest BCUT2D eigenvalue weighted by atomic mass is 9.96. The maximum Gasteiger partial charge on any atom is 0.183 e. The van der Waals surface area contributed by atoms with Gasteiger partial charge >= 0.3 is 0 Å². The number of halogens is 1. The number of hydrogen-bond donors (Lipinski definition) is 1. The van der Waals surface area contributed by atoms with Gasteiger partial charge in [-0.25, -0.2) is 4.39 Å². The van der Waals surface area contributed by atoms with Gasteiger partial charge in [0.2, 0.25) is 0 Å². The Morgan fingerprint density at radius 2 is 2.06 bits per heavy atom. The summed E-state index contributed by atoms with van der Waals surface area (Å²) in [5, 5.41) is 0. The second-order valence-electron chi connectivity index (χ2n) is 3.86. The highest BCUT2D eigenvalue weighted by Gasteiger charge is 2.22. The molecule has 0 saturated heterocycles. The molecule has 0 aliphatic heterocycles. The first-order chi connectivity index (χ1) is 7.40. The predicted octanol–water partition coefficient (Wildman–Crippen LogP) is 1.98. The molecule has 0 aliphatic rings. The third-order valence-corrected chi connectivity index (χ3v) is 2.53. The molecule has 0 bridgehead atoms.